The number of amides is 1. The first-order valence-corrected chi connectivity index (χ1v) is 11.1. The Labute approximate surface area is 173 Å². The summed E-state index contributed by atoms with van der Waals surface area (Å²) in [7, 11) is -2.00. The molecule has 30 heavy (non-hydrogen) atoms. The summed E-state index contributed by atoms with van der Waals surface area (Å²) in [5, 5.41) is 10.0. The molecule has 2 aromatic rings. The van der Waals surface area contributed by atoms with E-state index in [0.29, 0.717) is 13.2 Å². The highest BCUT2D eigenvalue weighted by Gasteiger charge is 2.30. The molecule has 2 heterocycles. The van der Waals surface area contributed by atoms with Crippen molar-refractivity contribution < 1.29 is 27.1 Å². The lowest BCUT2D eigenvalue weighted by Gasteiger charge is -2.23. The summed E-state index contributed by atoms with van der Waals surface area (Å²) in [6, 6.07) is 5.66. The normalized spacial score (nSPS) is 17.3. The summed E-state index contributed by atoms with van der Waals surface area (Å²) in [5.41, 5.74) is 0.258. The van der Waals surface area contributed by atoms with Gasteiger partial charge in [-0.05, 0) is 37.1 Å². The Kier molecular flexibility index (Phi) is 5.73. The lowest BCUT2D eigenvalue weighted by Crippen LogP contribution is -2.35. The zero-order valence-electron chi connectivity index (χ0n) is 16.4. The lowest BCUT2D eigenvalue weighted by atomic mass is 10.2. The molecule has 1 aromatic heterocycles. The zero-order valence-corrected chi connectivity index (χ0v) is 17.2. The Morgan fingerprint density at radius 1 is 1.13 bits per heavy atom. The van der Waals surface area contributed by atoms with E-state index in [9.17, 15) is 13.2 Å². The van der Waals surface area contributed by atoms with Gasteiger partial charge in [0.25, 0.3) is 11.8 Å². The van der Waals surface area contributed by atoms with Crippen LogP contribution in [0.2, 0.25) is 0 Å². The van der Waals surface area contributed by atoms with Crippen LogP contribution in [-0.4, -0.2) is 55.1 Å². The smallest absolute Gasteiger partial charge is 0.322 e. The van der Waals surface area contributed by atoms with Crippen LogP contribution in [0.3, 0.4) is 0 Å². The van der Waals surface area contributed by atoms with E-state index < -0.39 is 15.9 Å². The minimum Gasteiger partial charge on any atom is -0.494 e. The summed E-state index contributed by atoms with van der Waals surface area (Å²) < 4.78 is 42.9. The maximum Gasteiger partial charge on any atom is 0.322 e. The fraction of sp³-hybridized carbons (Fsp3) is 0.421. The Hall–Kier alpha value is -2.92. The molecule has 1 saturated carbocycles. The van der Waals surface area contributed by atoms with Crippen LogP contribution in [0.15, 0.2) is 39.8 Å². The molecule has 1 aromatic carbocycles. The van der Waals surface area contributed by atoms with Crippen molar-refractivity contribution in [3.05, 3.63) is 42.0 Å². The molecule has 0 radical (unpaired) electrons. The van der Waals surface area contributed by atoms with Crippen LogP contribution in [0, 0.1) is 0 Å². The van der Waals surface area contributed by atoms with Gasteiger partial charge in [-0.15, -0.1) is 5.10 Å². The van der Waals surface area contributed by atoms with Gasteiger partial charge in [0.15, 0.2) is 0 Å². The van der Waals surface area contributed by atoms with Gasteiger partial charge in [0.1, 0.15) is 19.5 Å². The van der Waals surface area contributed by atoms with Gasteiger partial charge in [-0.3, -0.25) is 10.1 Å². The Bertz CT molecular complexity index is 1040. The monoisotopic (exact) mass is 434 g/mol. The zero-order chi connectivity index (χ0) is 21.1. The third-order valence-corrected chi connectivity index (χ3v) is 7.06. The van der Waals surface area contributed by atoms with Gasteiger partial charge in [-0.2, -0.15) is 4.31 Å². The number of carbonyl (C=O) groups excluding carboxylic acids is 1. The van der Waals surface area contributed by atoms with Crippen molar-refractivity contribution in [1.29, 1.82) is 0 Å². The Morgan fingerprint density at radius 3 is 2.53 bits per heavy atom. The predicted octanol–water partition coefficient (Wildman–Crippen LogP) is 2.23. The number of benzene rings is 1. The molecule has 4 rings (SSSR count). The Balaban J connectivity index is 1.43. The van der Waals surface area contributed by atoms with Crippen molar-refractivity contribution in [2.24, 2.45) is 0 Å². The fourth-order valence-electron chi connectivity index (χ4n) is 3.43. The largest absolute Gasteiger partial charge is 0.494 e. The molecule has 1 aliphatic heterocycles. The highest BCUT2D eigenvalue weighted by molar-refractivity contribution is 7.89. The van der Waals surface area contributed by atoms with Crippen molar-refractivity contribution in [3.63, 3.8) is 0 Å². The lowest BCUT2D eigenvalue weighted by molar-refractivity contribution is 0.102. The van der Waals surface area contributed by atoms with E-state index in [4.69, 9.17) is 13.9 Å². The molecule has 0 unspecified atom stereocenters. The van der Waals surface area contributed by atoms with Gasteiger partial charge >= 0.3 is 6.01 Å². The summed E-state index contributed by atoms with van der Waals surface area (Å²) in [4.78, 5) is 12.6. The molecular weight excluding hydrogens is 412 g/mol. The molecule has 11 heteroatoms. The maximum atomic E-state index is 12.8. The van der Waals surface area contributed by atoms with E-state index in [1.807, 2.05) is 0 Å². The topological polar surface area (TPSA) is 124 Å². The fourth-order valence-corrected chi connectivity index (χ4v) is 4.85. The average Bonchev–Trinajstić information content (AvgIpc) is 3.46. The first-order chi connectivity index (χ1) is 14.4. The molecule has 1 aliphatic carbocycles. The van der Waals surface area contributed by atoms with Crippen molar-refractivity contribution >= 4 is 27.7 Å². The number of hydrogen-bond acceptors (Lipinski definition) is 8. The number of rotatable bonds is 6. The Morgan fingerprint density at radius 2 is 1.87 bits per heavy atom. The molecule has 160 valence electrons. The summed E-state index contributed by atoms with van der Waals surface area (Å²) >= 11 is 0. The second kappa shape index (κ2) is 8.44. The molecule has 10 nitrogen and oxygen atoms in total. The number of anilines is 1. The number of hydrogen-bond donors (Lipinski definition) is 1. The van der Waals surface area contributed by atoms with Crippen molar-refractivity contribution in [1.82, 2.24) is 14.5 Å². The van der Waals surface area contributed by atoms with Crippen molar-refractivity contribution in [3.8, 4) is 0 Å². The number of nitrogens with one attached hydrogen (secondary N) is 1. The van der Waals surface area contributed by atoms with Crippen molar-refractivity contribution in [2.75, 3.05) is 25.6 Å². The second-order valence-corrected chi connectivity index (χ2v) is 9.05. The number of carbonyl (C=O) groups is 1. The third kappa shape index (κ3) is 4.17. The van der Waals surface area contributed by atoms with E-state index in [2.05, 4.69) is 15.5 Å². The predicted molar refractivity (Wildman–Crippen MR) is 106 cm³/mol. The molecule has 2 aliphatic rings. The van der Waals surface area contributed by atoms with Gasteiger partial charge in [-0.25, -0.2) is 8.42 Å². The highest BCUT2D eigenvalue weighted by Crippen LogP contribution is 2.27. The quantitative estimate of drug-likeness (QED) is 0.734. The second-order valence-electron chi connectivity index (χ2n) is 7.05. The van der Waals surface area contributed by atoms with E-state index in [-0.39, 0.29) is 34.2 Å². The van der Waals surface area contributed by atoms with Gasteiger partial charge in [-0.1, -0.05) is 17.9 Å². The molecule has 0 atom stereocenters. The molecular formula is C19H22N4O6S. The molecule has 1 N–H and O–H groups in total. The standard InChI is InChI=1S/C19H22N4O6S/c1-23(14-4-2-3-5-14)30(25,26)15-8-6-13(7-9-15)17(24)20-19-22-21-18(29-19)16-12-27-10-11-28-16/h6-9,12,14H,2-5,10-11H2,1H3,(H,20,22,24). The van der Waals surface area contributed by atoms with Gasteiger partial charge in [0.2, 0.25) is 15.8 Å². The number of nitrogens with zero attached hydrogens (tertiary/aromatic N) is 3. The average molecular weight is 434 g/mol. The van der Waals surface area contributed by atoms with Crippen LogP contribution in [0.5, 0.6) is 0 Å². The molecule has 0 saturated heterocycles. The van der Waals surface area contributed by atoms with Gasteiger partial charge in [0.05, 0.1) is 4.90 Å². The van der Waals surface area contributed by atoms with Crippen LogP contribution in [0.25, 0.3) is 5.76 Å². The van der Waals surface area contributed by atoms with Crippen LogP contribution in [-0.2, 0) is 19.5 Å². The molecule has 1 amide bonds. The molecule has 0 spiro atoms. The number of aromatic nitrogens is 2. The van der Waals surface area contributed by atoms with Crippen LogP contribution < -0.4 is 5.32 Å². The third-order valence-electron chi connectivity index (χ3n) is 5.14. The van der Waals surface area contributed by atoms with E-state index >= 15 is 0 Å². The first-order valence-electron chi connectivity index (χ1n) is 9.63. The van der Waals surface area contributed by atoms with Crippen LogP contribution in [0.4, 0.5) is 6.01 Å². The maximum absolute atomic E-state index is 12.8. The number of sulfonamides is 1. The molecule has 1 fully saturated rings. The van der Waals surface area contributed by atoms with E-state index in [0.717, 1.165) is 25.7 Å². The molecule has 0 bridgehead atoms. The number of ether oxygens (including phenoxy) is 2. The minimum absolute atomic E-state index is 0.0263. The summed E-state index contributed by atoms with van der Waals surface area (Å²) in [6.07, 6.45) is 5.19. The van der Waals surface area contributed by atoms with E-state index in [1.54, 1.807) is 7.05 Å². The SMILES string of the molecule is CN(C1CCCC1)S(=O)(=O)c1ccc(C(=O)Nc2nnc(C3=COCCO3)o2)cc1. The minimum atomic E-state index is -3.60. The van der Waals surface area contributed by atoms with Crippen molar-refractivity contribution in [2.45, 2.75) is 36.6 Å². The van der Waals surface area contributed by atoms with E-state index in [1.165, 1.54) is 34.8 Å². The van der Waals surface area contributed by atoms with Crippen LogP contribution >= 0.6 is 0 Å². The van der Waals surface area contributed by atoms with Crippen LogP contribution in [0.1, 0.15) is 41.9 Å². The highest BCUT2D eigenvalue weighted by atomic mass is 32.2. The first kappa shape index (κ1) is 20.4. The summed E-state index contributed by atoms with van der Waals surface area (Å²) in [6.45, 7) is 0.796. The summed E-state index contributed by atoms with van der Waals surface area (Å²) in [5.74, 6) is -0.135. The van der Waals surface area contributed by atoms with Gasteiger partial charge in [0, 0.05) is 18.7 Å². The van der Waals surface area contributed by atoms with Gasteiger partial charge < -0.3 is 13.9 Å².